The van der Waals surface area contributed by atoms with Crippen LogP contribution in [0.1, 0.15) is 109 Å². The van der Waals surface area contributed by atoms with Crippen molar-refractivity contribution in [2.45, 2.75) is 78.6 Å². The predicted octanol–water partition coefficient (Wildman–Crippen LogP) is 24.0. The van der Waals surface area contributed by atoms with E-state index in [1.54, 1.807) is 0 Å². The minimum atomic E-state index is -1.63. The van der Waals surface area contributed by atoms with E-state index in [2.05, 4.69) is 65.8 Å². The average molecular weight is 1330 g/mol. The largest absolute Gasteiger partial charge is 0.439 e. The summed E-state index contributed by atoms with van der Waals surface area (Å²) in [7, 11) is 0. The first-order valence-corrected chi connectivity index (χ1v) is 33.7. The Bertz CT molecular complexity index is 7040. The van der Waals surface area contributed by atoms with Gasteiger partial charge in [0.25, 0.3) is 6.71 Å². The molecule has 7 heteroatoms. The van der Waals surface area contributed by atoms with Gasteiger partial charge in [-0.1, -0.05) is 268 Å². The molecule has 0 radical (unpaired) electrons. The molecule has 0 saturated carbocycles. The first kappa shape index (κ1) is 41.6. The molecule has 0 N–H and O–H groups in total. The number of fused-ring (bicyclic) bond motifs is 14. The molecule has 13 aromatic carbocycles. The Kier molecular flexibility index (Phi) is 9.20. The lowest BCUT2D eigenvalue weighted by Gasteiger charge is -2.47. The van der Waals surface area contributed by atoms with Crippen LogP contribution < -0.4 is 26.2 Å². The number of rotatable bonds is 8. The van der Waals surface area contributed by atoms with Crippen LogP contribution in [0.25, 0.3) is 122 Å². The Morgan fingerprint density at radius 1 is 0.337 bits per heavy atom. The van der Waals surface area contributed by atoms with Crippen LogP contribution in [0.4, 0.5) is 34.1 Å². The summed E-state index contributed by atoms with van der Waals surface area (Å²) in [6.45, 7) is 17.1. The number of hydrogen-bond donors (Lipinski definition) is 0. The van der Waals surface area contributed by atoms with Crippen molar-refractivity contribution in [3.05, 3.63) is 307 Å². The Hall–Kier alpha value is -11.8. The molecule has 0 unspecified atom stereocenters. The summed E-state index contributed by atoms with van der Waals surface area (Å²) in [6, 6.07) is 36.1. The second-order valence-electron chi connectivity index (χ2n) is 29.1. The Morgan fingerprint density at radius 2 is 0.653 bits per heavy atom. The summed E-state index contributed by atoms with van der Waals surface area (Å²) in [6.07, 6.45) is 0. The lowest BCUT2D eigenvalue weighted by atomic mass is 9.33. The molecule has 0 bridgehead atoms. The lowest BCUT2D eigenvalue weighted by Crippen LogP contribution is -2.61. The van der Waals surface area contributed by atoms with Crippen molar-refractivity contribution >= 4 is 123 Å². The van der Waals surface area contributed by atoms with Gasteiger partial charge in [-0.05, 0) is 156 Å². The maximum Gasteiger partial charge on any atom is 0.252 e. The summed E-state index contributed by atoms with van der Waals surface area (Å²) >= 11 is 0. The van der Waals surface area contributed by atoms with E-state index in [0.717, 1.165) is 20.3 Å². The molecule has 6 nitrogen and oxygen atoms in total. The monoisotopic (exact) mass is 1320 g/mol. The van der Waals surface area contributed by atoms with Crippen molar-refractivity contribution in [2.24, 2.45) is 0 Å². The van der Waals surface area contributed by atoms with E-state index in [4.69, 9.17) is 14.3 Å². The van der Waals surface area contributed by atoms with Gasteiger partial charge in [0.2, 0.25) is 11.4 Å². The highest BCUT2D eigenvalue weighted by atomic mass is 16.3. The minimum absolute atomic E-state index is 0.137. The molecule has 486 valence electrons. The number of hydrogen-bond acceptors (Lipinski definition) is 4. The van der Waals surface area contributed by atoms with Gasteiger partial charge in [0, 0.05) is 66.5 Å². The van der Waals surface area contributed by atoms with Gasteiger partial charge >= 0.3 is 0 Å². The van der Waals surface area contributed by atoms with Gasteiger partial charge in [-0.2, -0.15) is 0 Å². The van der Waals surface area contributed by atoms with Crippen LogP contribution in [0.3, 0.4) is 0 Å². The molecule has 0 aliphatic carbocycles. The van der Waals surface area contributed by atoms with E-state index >= 15 is 0 Å². The first-order chi connectivity index (χ1) is 58.2. The number of para-hydroxylation sites is 4. The van der Waals surface area contributed by atoms with Gasteiger partial charge < -0.3 is 18.6 Å². The molecular formula is C94H75BN4O2. The van der Waals surface area contributed by atoms with Crippen LogP contribution >= 0.6 is 0 Å². The van der Waals surface area contributed by atoms with Crippen molar-refractivity contribution < 1.29 is 39.0 Å². The summed E-state index contributed by atoms with van der Waals surface area (Å²) < 4.78 is 234. The summed E-state index contributed by atoms with van der Waals surface area (Å²) in [5.74, 6) is 0. The van der Waals surface area contributed by atoms with Crippen molar-refractivity contribution in [2.75, 3.05) is 9.80 Å². The zero-order valence-corrected chi connectivity index (χ0v) is 56.7. The van der Waals surface area contributed by atoms with E-state index < -0.39 is 190 Å². The Labute approximate surface area is 620 Å². The van der Waals surface area contributed by atoms with E-state index in [1.165, 1.54) is 0 Å². The smallest absolute Gasteiger partial charge is 0.252 e. The van der Waals surface area contributed by atoms with Crippen molar-refractivity contribution in [3.8, 4) is 55.9 Å². The Morgan fingerprint density at radius 3 is 1.00 bits per heavy atom. The SMILES string of the molecule is [2H]c1c([2H])c(-n2c3oc4c([2H])c([2H])c([2H])c([2H])c4c3c3c([2H])c([2H])c([2H])c([2H])c32)c([2H])c2c1B1c3c(cc(C(C)(C)C)cc3N(c3c(-c4ccccc4)cc(C(C)(C)C)cc3-c3ccccc3)c3c([2H])c(-n4c5oc6c([2H])c([2H])c([2H])c([2H])c6c5c5c([2H])c([2H])c([2H])c([2H])c54)c([2H])c([2H])c31)N2c1c(-c2ccccc2)cc(C(C)(C)C)cc1-c1ccccc1. The quantitative estimate of drug-likeness (QED) is 0.142. The zero-order valence-electron chi connectivity index (χ0n) is 78.7. The topological polar surface area (TPSA) is 42.6 Å². The molecule has 0 spiro atoms. The van der Waals surface area contributed by atoms with Crippen LogP contribution in [0, 0.1) is 0 Å². The molecule has 0 fully saturated rings. The molecule has 6 heterocycles. The number of benzene rings is 13. The molecule has 101 heavy (non-hydrogen) atoms. The van der Waals surface area contributed by atoms with Crippen LogP contribution in [-0.2, 0) is 16.2 Å². The maximum atomic E-state index is 11.8. The normalized spacial score (nSPS) is 16.2. The molecule has 4 aromatic heterocycles. The third-order valence-corrected chi connectivity index (χ3v) is 19.9. The molecule has 19 rings (SSSR count). The van der Waals surface area contributed by atoms with E-state index in [0.29, 0.717) is 78.3 Å². The average Bonchev–Trinajstić information content (AvgIpc) is 1.66. The first-order valence-electron chi connectivity index (χ1n) is 44.7. The van der Waals surface area contributed by atoms with Crippen molar-refractivity contribution in [1.29, 1.82) is 0 Å². The summed E-state index contributed by atoms with van der Waals surface area (Å²) in [5, 5.41) is -1.48. The van der Waals surface area contributed by atoms with Crippen LogP contribution in [-0.4, -0.2) is 15.8 Å². The predicted molar refractivity (Wildman–Crippen MR) is 427 cm³/mol. The standard InChI is InChI=1S/C94H75BN4O2/c1-92(2,3)62-50-71(58-30-14-10-15-31-58)88(72(51-62)59-32-16-11-17-33-59)98-79-56-65(96-77-42-26-22-38-67(77)85-69-40-24-28-44-83(69)100-90(85)96)46-48-75(79)95-76-49-47-66(97-78-43-27-23-39-68(78)86-70-41-25-29-45-84(70)101-91(86)97)57-80(76)99(82-55-64(94(7,8)9)54-81(98)87(82)95)89-73(60-34-18-12-19-35-60)52-63(93(4,5)6)53-74(89)61-36-20-13-21-37-61/h10-57H,1-9H3/i22D,23D,24D,25D,26D,27D,28D,29D,38D,39D,40D,41D,42D,43D,44D,45D,46D,47D,48D,49D,56D,57D. The van der Waals surface area contributed by atoms with Crippen LogP contribution in [0.2, 0.25) is 0 Å². The fourth-order valence-electron chi connectivity index (χ4n) is 14.9. The highest BCUT2D eigenvalue weighted by Crippen LogP contribution is 2.56. The van der Waals surface area contributed by atoms with E-state index in [9.17, 15) is 24.7 Å². The lowest BCUT2D eigenvalue weighted by molar-refractivity contribution is 0.590. The molecule has 17 aromatic rings. The molecule has 2 aliphatic heterocycles. The van der Waals surface area contributed by atoms with Crippen LogP contribution in [0.5, 0.6) is 0 Å². The van der Waals surface area contributed by atoms with Gasteiger partial charge in [-0.25, -0.2) is 0 Å². The summed E-state index contributed by atoms with van der Waals surface area (Å²) in [4.78, 5) is 3.82. The zero-order chi connectivity index (χ0) is 87.5. The number of furan rings is 2. The Balaban J connectivity index is 1.09. The minimum Gasteiger partial charge on any atom is -0.439 e. The summed E-state index contributed by atoms with van der Waals surface area (Å²) in [5.41, 5.74) is 3.41. The van der Waals surface area contributed by atoms with Gasteiger partial charge in [-0.15, -0.1) is 0 Å². The fraction of sp³-hybridized carbons (Fsp3) is 0.128. The molecule has 0 saturated heterocycles. The second kappa shape index (κ2) is 22.4. The highest BCUT2D eigenvalue weighted by molar-refractivity contribution is 7.00. The van der Waals surface area contributed by atoms with Gasteiger partial charge in [-0.3, -0.25) is 9.13 Å². The second-order valence-corrected chi connectivity index (χ2v) is 29.1. The van der Waals surface area contributed by atoms with Gasteiger partial charge in [0.1, 0.15) is 11.2 Å². The van der Waals surface area contributed by atoms with Crippen LogP contribution in [0.15, 0.2) is 299 Å². The molecular weight excluding hydrogens is 1230 g/mol. The fourth-order valence-corrected chi connectivity index (χ4v) is 14.9. The number of aromatic nitrogens is 2. The number of nitrogens with zero attached hydrogens (tertiary/aromatic N) is 4. The van der Waals surface area contributed by atoms with E-state index in [-0.39, 0.29) is 65.7 Å². The third-order valence-electron chi connectivity index (χ3n) is 19.9. The number of anilines is 6. The molecule has 0 amide bonds. The van der Waals surface area contributed by atoms with Crippen molar-refractivity contribution in [3.63, 3.8) is 0 Å². The van der Waals surface area contributed by atoms with Gasteiger partial charge in [0.05, 0.1) is 74.7 Å². The maximum absolute atomic E-state index is 11.8. The van der Waals surface area contributed by atoms with Crippen molar-refractivity contribution in [1.82, 2.24) is 9.13 Å². The molecule has 2 aliphatic rings. The highest BCUT2D eigenvalue weighted by Gasteiger charge is 2.47. The van der Waals surface area contributed by atoms with E-state index in [1.807, 2.05) is 164 Å². The van der Waals surface area contributed by atoms with Gasteiger partial charge in [0.15, 0.2) is 0 Å². The third kappa shape index (κ3) is 9.39. The molecule has 0 atom stereocenters.